The summed E-state index contributed by atoms with van der Waals surface area (Å²) >= 11 is 0. The highest BCUT2D eigenvalue weighted by Crippen LogP contribution is 2.30. The molecule has 182 valence electrons. The van der Waals surface area contributed by atoms with Crippen LogP contribution in [0.5, 0.6) is 11.5 Å². The van der Waals surface area contributed by atoms with Gasteiger partial charge in [-0.1, -0.05) is 60.7 Å². The van der Waals surface area contributed by atoms with E-state index in [0.29, 0.717) is 22.4 Å². The Hall–Kier alpha value is -5.33. The van der Waals surface area contributed by atoms with Gasteiger partial charge in [0.05, 0.1) is 11.1 Å². The van der Waals surface area contributed by atoms with E-state index in [1.165, 1.54) is 18.3 Å². The van der Waals surface area contributed by atoms with Gasteiger partial charge in [0, 0.05) is 12.1 Å². The Kier molecular flexibility index (Phi) is 7.33. The summed E-state index contributed by atoms with van der Waals surface area (Å²) in [6, 6.07) is 29.4. The molecule has 9 heteroatoms. The molecule has 0 spiro atoms. The van der Waals surface area contributed by atoms with Gasteiger partial charge in [-0.2, -0.15) is 10.4 Å². The number of benzene rings is 4. The summed E-state index contributed by atoms with van der Waals surface area (Å²) in [4.78, 5) is 23.4. The van der Waals surface area contributed by atoms with Crippen molar-refractivity contribution in [3.63, 3.8) is 0 Å². The molecule has 0 aromatic heterocycles. The number of hydrogen-bond acceptors (Lipinski definition) is 7. The number of nitro benzene ring substituents is 1. The van der Waals surface area contributed by atoms with Crippen LogP contribution in [0.3, 0.4) is 0 Å². The highest BCUT2D eigenvalue weighted by Gasteiger charge is 2.39. The molecule has 0 aliphatic carbocycles. The van der Waals surface area contributed by atoms with E-state index in [1.807, 2.05) is 6.07 Å². The van der Waals surface area contributed by atoms with Crippen molar-refractivity contribution in [2.45, 2.75) is 5.60 Å². The molecule has 37 heavy (non-hydrogen) atoms. The van der Waals surface area contributed by atoms with E-state index in [-0.39, 0.29) is 17.0 Å². The summed E-state index contributed by atoms with van der Waals surface area (Å²) in [6.07, 6.45) is 1.41. The maximum Gasteiger partial charge on any atom is 0.281 e. The molecule has 0 radical (unpaired) electrons. The number of aliphatic hydroxyl groups is 1. The first-order valence-corrected chi connectivity index (χ1v) is 11.0. The topological polar surface area (TPSA) is 138 Å². The molecule has 4 aromatic carbocycles. The zero-order valence-corrected chi connectivity index (χ0v) is 19.3. The lowest BCUT2D eigenvalue weighted by molar-refractivity contribution is -0.384. The van der Waals surface area contributed by atoms with Gasteiger partial charge in [0.2, 0.25) is 0 Å². The third-order valence-corrected chi connectivity index (χ3v) is 5.49. The maximum atomic E-state index is 13.1. The van der Waals surface area contributed by atoms with E-state index >= 15 is 0 Å². The van der Waals surface area contributed by atoms with Crippen LogP contribution in [-0.2, 0) is 10.4 Å². The second kappa shape index (κ2) is 10.9. The quantitative estimate of drug-likeness (QED) is 0.209. The lowest BCUT2D eigenvalue weighted by atomic mass is 9.85. The largest absolute Gasteiger partial charge is 0.456 e. The van der Waals surface area contributed by atoms with Crippen LogP contribution >= 0.6 is 0 Å². The Morgan fingerprint density at radius 3 is 2.11 bits per heavy atom. The van der Waals surface area contributed by atoms with Crippen molar-refractivity contribution in [3.8, 4) is 17.6 Å². The van der Waals surface area contributed by atoms with Gasteiger partial charge in [0.15, 0.2) is 5.60 Å². The molecule has 0 unspecified atom stereocenters. The van der Waals surface area contributed by atoms with Gasteiger partial charge in [0.1, 0.15) is 23.1 Å². The second-order valence-electron chi connectivity index (χ2n) is 7.86. The van der Waals surface area contributed by atoms with Gasteiger partial charge >= 0.3 is 0 Å². The van der Waals surface area contributed by atoms with Crippen molar-refractivity contribution < 1.29 is 19.6 Å². The highest BCUT2D eigenvalue weighted by molar-refractivity contribution is 5.91. The molecule has 4 rings (SSSR count). The van der Waals surface area contributed by atoms with Gasteiger partial charge in [-0.15, -0.1) is 0 Å². The molecule has 0 saturated heterocycles. The molecule has 0 saturated carbocycles. The van der Waals surface area contributed by atoms with Gasteiger partial charge < -0.3 is 9.84 Å². The Morgan fingerprint density at radius 2 is 1.57 bits per heavy atom. The molecule has 0 atom stereocenters. The molecule has 0 bridgehead atoms. The third kappa shape index (κ3) is 5.51. The third-order valence-electron chi connectivity index (χ3n) is 5.49. The van der Waals surface area contributed by atoms with E-state index in [0.717, 1.165) is 6.07 Å². The van der Waals surface area contributed by atoms with Crippen molar-refractivity contribution in [1.82, 2.24) is 5.43 Å². The van der Waals surface area contributed by atoms with Crippen molar-refractivity contribution >= 4 is 17.8 Å². The fraction of sp³-hybridized carbons (Fsp3) is 0.0357. The van der Waals surface area contributed by atoms with Crippen LogP contribution in [0, 0.1) is 21.4 Å². The van der Waals surface area contributed by atoms with Crippen LogP contribution in [0.2, 0.25) is 0 Å². The molecular weight excluding hydrogens is 472 g/mol. The van der Waals surface area contributed by atoms with Crippen LogP contribution in [0.25, 0.3) is 0 Å². The molecule has 1 amide bonds. The number of hydrogen-bond donors (Lipinski definition) is 2. The fourth-order valence-electron chi connectivity index (χ4n) is 3.59. The van der Waals surface area contributed by atoms with E-state index in [1.54, 1.807) is 84.9 Å². The van der Waals surface area contributed by atoms with Crippen molar-refractivity contribution in [3.05, 3.63) is 135 Å². The molecule has 2 N–H and O–H groups in total. The number of hydrazone groups is 1. The summed E-state index contributed by atoms with van der Waals surface area (Å²) in [5, 5.41) is 35.6. The number of carbonyl (C=O) groups is 1. The Morgan fingerprint density at radius 1 is 0.973 bits per heavy atom. The van der Waals surface area contributed by atoms with Gasteiger partial charge in [-0.25, -0.2) is 5.43 Å². The minimum Gasteiger partial charge on any atom is -0.456 e. The molecule has 4 aromatic rings. The summed E-state index contributed by atoms with van der Waals surface area (Å²) in [6.45, 7) is 0. The number of nitriles is 1. The van der Waals surface area contributed by atoms with Crippen LogP contribution in [0.1, 0.15) is 22.3 Å². The average Bonchev–Trinajstić information content (AvgIpc) is 2.94. The van der Waals surface area contributed by atoms with Gasteiger partial charge in [-0.05, 0) is 47.0 Å². The second-order valence-corrected chi connectivity index (χ2v) is 7.86. The van der Waals surface area contributed by atoms with E-state index < -0.39 is 16.4 Å². The molecule has 0 aliphatic heterocycles. The minimum absolute atomic E-state index is 0.0341. The van der Waals surface area contributed by atoms with Crippen LogP contribution in [-0.4, -0.2) is 22.2 Å². The Balaban J connectivity index is 1.47. The zero-order chi connectivity index (χ0) is 26.3. The molecule has 9 nitrogen and oxygen atoms in total. The number of nitrogens with zero attached hydrogens (tertiary/aromatic N) is 3. The average molecular weight is 492 g/mol. The Bertz CT molecular complexity index is 1440. The van der Waals surface area contributed by atoms with E-state index in [4.69, 9.17) is 4.74 Å². The predicted molar refractivity (Wildman–Crippen MR) is 136 cm³/mol. The van der Waals surface area contributed by atoms with E-state index in [9.17, 15) is 25.3 Å². The first-order valence-electron chi connectivity index (χ1n) is 11.0. The number of rotatable bonds is 8. The summed E-state index contributed by atoms with van der Waals surface area (Å²) < 4.78 is 5.68. The summed E-state index contributed by atoms with van der Waals surface area (Å²) in [7, 11) is 0. The lowest BCUT2D eigenvalue weighted by Crippen LogP contribution is -2.43. The van der Waals surface area contributed by atoms with E-state index in [2.05, 4.69) is 10.5 Å². The van der Waals surface area contributed by atoms with Crippen LogP contribution in [0.15, 0.2) is 108 Å². The predicted octanol–water partition coefficient (Wildman–Crippen LogP) is 4.64. The molecule has 0 heterocycles. The number of nitrogens with one attached hydrogen (secondary N) is 1. The van der Waals surface area contributed by atoms with Crippen LogP contribution < -0.4 is 10.2 Å². The first kappa shape index (κ1) is 24.8. The summed E-state index contributed by atoms with van der Waals surface area (Å²) in [5.74, 6) is -0.139. The Labute approximate surface area is 212 Å². The standard InChI is InChI=1S/C28H20N4O5/c29-18-21-17-24(32(35)36)13-16-26(21)37-25-14-11-20(12-15-25)19-30-31-27(33)28(34,22-7-3-1-4-8-22)23-9-5-2-6-10-23/h1-17,19,34H,(H,31,33)/b30-19-. The first-order chi connectivity index (χ1) is 17.9. The highest BCUT2D eigenvalue weighted by atomic mass is 16.6. The summed E-state index contributed by atoms with van der Waals surface area (Å²) in [5.41, 5.74) is 1.72. The molecule has 0 aliphatic rings. The smallest absolute Gasteiger partial charge is 0.281 e. The van der Waals surface area contributed by atoms with Crippen molar-refractivity contribution in [2.75, 3.05) is 0 Å². The number of nitro groups is 1. The molecule has 0 fully saturated rings. The lowest BCUT2D eigenvalue weighted by Gasteiger charge is -2.27. The van der Waals surface area contributed by atoms with Crippen molar-refractivity contribution in [2.24, 2.45) is 5.10 Å². The number of non-ortho nitro benzene ring substituents is 1. The van der Waals surface area contributed by atoms with Crippen molar-refractivity contribution in [1.29, 1.82) is 5.26 Å². The van der Waals surface area contributed by atoms with Crippen LogP contribution in [0.4, 0.5) is 5.69 Å². The number of ether oxygens (including phenoxy) is 1. The zero-order valence-electron chi connectivity index (χ0n) is 19.3. The number of amides is 1. The SMILES string of the molecule is N#Cc1cc([N+](=O)[O-])ccc1Oc1ccc(/C=N\NC(=O)C(O)(c2ccccc2)c2ccccc2)cc1. The minimum atomic E-state index is -1.94. The fourth-order valence-corrected chi connectivity index (χ4v) is 3.59. The number of carbonyl (C=O) groups excluding carboxylic acids is 1. The monoisotopic (exact) mass is 492 g/mol. The maximum absolute atomic E-state index is 13.1. The molecular formula is C28H20N4O5. The van der Waals surface area contributed by atoms with Gasteiger partial charge in [0.25, 0.3) is 11.6 Å². The normalized spacial score (nSPS) is 11.0. The van der Waals surface area contributed by atoms with Gasteiger partial charge in [-0.3, -0.25) is 14.9 Å².